The fraction of sp³-hybridized carbons (Fsp3) is 0.400. The van der Waals surface area contributed by atoms with Crippen molar-refractivity contribution in [2.75, 3.05) is 25.1 Å². The zero-order valence-corrected chi connectivity index (χ0v) is 15.7. The van der Waals surface area contributed by atoms with E-state index < -0.39 is 0 Å². The summed E-state index contributed by atoms with van der Waals surface area (Å²) in [5.41, 5.74) is 1.59. The molecule has 1 aliphatic heterocycles. The van der Waals surface area contributed by atoms with E-state index in [0.29, 0.717) is 34.3 Å². The lowest BCUT2D eigenvalue weighted by molar-refractivity contribution is 0.101. The number of nitrogens with zero attached hydrogens (tertiary/aromatic N) is 4. The highest BCUT2D eigenvalue weighted by Crippen LogP contribution is 2.26. The summed E-state index contributed by atoms with van der Waals surface area (Å²) in [5, 5.41) is 9.47. The Kier molecular flexibility index (Phi) is 5.55. The Balaban J connectivity index is 1.67. The van der Waals surface area contributed by atoms with Crippen LogP contribution in [0.25, 0.3) is 0 Å². The molecule has 0 saturated carbocycles. The number of nitriles is 1. The molecule has 140 valence electrons. The van der Waals surface area contributed by atoms with Crippen molar-refractivity contribution in [3.63, 3.8) is 0 Å². The van der Waals surface area contributed by atoms with Crippen molar-refractivity contribution >= 4 is 11.6 Å². The van der Waals surface area contributed by atoms with Crippen LogP contribution in [0, 0.1) is 18.3 Å². The molecule has 0 bridgehead atoms. The number of aryl methyl sites for hydroxylation is 1. The molecule has 0 amide bonds. The largest absolute Gasteiger partial charge is 0.489 e. The van der Waals surface area contributed by atoms with Crippen LogP contribution in [0.2, 0.25) is 0 Å². The average molecular weight is 366 g/mol. The smallest absolute Gasteiger partial charge is 0.213 e. The Morgan fingerprint density at radius 2 is 2.07 bits per heavy atom. The Labute approximate surface area is 158 Å². The predicted octanol–water partition coefficient (Wildman–Crippen LogP) is 2.92. The maximum absolute atomic E-state index is 11.7. The summed E-state index contributed by atoms with van der Waals surface area (Å²) in [7, 11) is 1.58. The van der Waals surface area contributed by atoms with Crippen LogP contribution < -0.4 is 14.4 Å². The molecule has 2 aromatic rings. The molecule has 7 nitrogen and oxygen atoms in total. The second-order valence-electron chi connectivity index (χ2n) is 6.50. The number of rotatable bonds is 5. The van der Waals surface area contributed by atoms with Crippen LogP contribution >= 0.6 is 0 Å². The molecule has 27 heavy (non-hydrogen) atoms. The quantitative estimate of drug-likeness (QED) is 0.752. The normalized spacial score (nSPS) is 14.5. The first-order valence-electron chi connectivity index (χ1n) is 8.86. The van der Waals surface area contributed by atoms with Gasteiger partial charge in [-0.25, -0.2) is 9.97 Å². The summed E-state index contributed by atoms with van der Waals surface area (Å²) in [6.45, 7) is 4.75. The molecule has 1 saturated heterocycles. The van der Waals surface area contributed by atoms with Crippen molar-refractivity contribution in [3.05, 3.63) is 41.2 Å². The highest BCUT2D eigenvalue weighted by molar-refractivity contribution is 5.95. The Hall–Kier alpha value is -3.14. The van der Waals surface area contributed by atoms with E-state index >= 15 is 0 Å². The van der Waals surface area contributed by atoms with Gasteiger partial charge in [-0.3, -0.25) is 4.79 Å². The standard InChI is InChI=1S/C20H22N4O3/c1-13-18(14(2)25)10-15(11-21)20(23-13)24-8-6-16(7-9-24)27-17-4-5-19(26-3)22-12-17/h4-5,10,12,16H,6-9H2,1-3H3. The molecular formula is C20H22N4O3. The van der Waals surface area contributed by atoms with Gasteiger partial charge in [-0.15, -0.1) is 0 Å². The number of ether oxygens (including phenoxy) is 2. The first-order chi connectivity index (χ1) is 13.0. The van der Waals surface area contributed by atoms with E-state index in [4.69, 9.17) is 9.47 Å². The molecule has 0 radical (unpaired) electrons. The molecule has 1 fully saturated rings. The second kappa shape index (κ2) is 8.04. The maximum Gasteiger partial charge on any atom is 0.213 e. The number of Topliss-reactive ketones (excluding diaryl/α,β-unsaturated/α-hetero) is 1. The van der Waals surface area contributed by atoms with Crippen molar-refractivity contribution in [2.45, 2.75) is 32.8 Å². The van der Waals surface area contributed by atoms with Gasteiger partial charge >= 0.3 is 0 Å². The van der Waals surface area contributed by atoms with E-state index in [9.17, 15) is 10.1 Å². The molecule has 0 unspecified atom stereocenters. The monoisotopic (exact) mass is 366 g/mol. The minimum Gasteiger partial charge on any atom is -0.489 e. The van der Waals surface area contributed by atoms with Gasteiger partial charge in [-0.1, -0.05) is 0 Å². The number of pyridine rings is 2. The van der Waals surface area contributed by atoms with Gasteiger partial charge in [-0.2, -0.15) is 5.26 Å². The lowest BCUT2D eigenvalue weighted by atomic mass is 10.0. The summed E-state index contributed by atoms with van der Waals surface area (Å²) in [6.07, 6.45) is 3.36. The maximum atomic E-state index is 11.7. The zero-order chi connectivity index (χ0) is 19.4. The summed E-state index contributed by atoms with van der Waals surface area (Å²) in [5.74, 6) is 1.83. The number of aromatic nitrogens is 2. The van der Waals surface area contributed by atoms with E-state index in [1.165, 1.54) is 6.92 Å². The minimum absolute atomic E-state index is 0.0803. The van der Waals surface area contributed by atoms with Crippen molar-refractivity contribution < 1.29 is 14.3 Å². The molecule has 0 N–H and O–H groups in total. The number of carbonyl (C=O) groups is 1. The van der Waals surface area contributed by atoms with Gasteiger partial charge in [0.1, 0.15) is 23.7 Å². The van der Waals surface area contributed by atoms with Crippen LogP contribution in [-0.2, 0) is 0 Å². The predicted molar refractivity (Wildman–Crippen MR) is 100 cm³/mol. The topological polar surface area (TPSA) is 88.3 Å². The van der Waals surface area contributed by atoms with Crippen LogP contribution in [0.1, 0.15) is 41.4 Å². The van der Waals surface area contributed by atoms with Crippen LogP contribution in [0.15, 0.2) is 24.4 Å². The molecule has 3 heterocycles. The number of hydrogen-bond acceptors (Lipinski definition) is 7. The third-order valence-electron chi connectivity index (χ3n) is 4.66. The zero-order valence-electron chi connectivity index (χ0n) is 15.7. The van der Waals surface area contributed by atoms with Gasteiger partial charge in [-0.05, 0) is 26.0 Å². The number of ketones is 1. The molecule has 0 aliphatic carbocycles. The third kappa shape index (κ3) is 4.17. The highest BCUT2D eigenvalue weighted by Gasteiger charge is 2.24. The molecule has 0 spiro atoms. The van der Waals surface area contributed by atoms with Gasteiger partial charge in [0.05, 0.1) is 24.6 Å². The van der Waals surface area contributed by atoms with E-state index in [0.717, 1.165) is 25.9 Å². The van der Waals surface area contributed by atoms with Crippen molar-refractivity contribution in [2.24, 2.45) is 0 Å². The lowest BCUT2D eigenvalue weighted by Gasteiger charge is -2.33. The third-order valence-corrected chi connectivity index (χ3v) is 4.66. The fourth-order valence-corrected chi connectivity index (χ4v) is 3.21. The van der Waals surface area contributed by atoms with Gasteiger partial charge in [0, 0.05) is 37.6 Å². The lowest BCUT2D eigenvalue weighted by Crippen LogP contribution is -2.39. The van der Waals surface area contributed by atoms with Crippen molar-refractivity contribution in [1.29, 1.82) is 5.26 Å². The molecule has 1 aliphatic rings. The Morgan fingerprint density at radius 3 is 2.63 bits per heavy atom. The van der Waals surface area contributed by atoms with Gasteiger partial charge in [0.25, 0.3) is 0 Å². The highest BCUT2D eigenvalue weighted by atomic mass is 16.5. The Morgan fingerprint density at radius 1 is 1.33 bits per heavy atom. The fourth-order valence-electron chi connectivity index (χ4n) is 3.21. The first-order valence-corrected chi connectivity index (χ1v) is 8.86. The first kappa shape index (κ1) is 18.6. The van der Waals surface area contributed by atoms with Crippen LogP contribution in [-0.4, -0.2) is 42.1 Å². The van der Waals surface area contributed by atoms with Crippen LogP contribution in [0.5, 0.6) is 11.6 Å². The van der Waals surface area contributed by atoms with Crippen LogP contribution in [0.4, 0.5) is 5.82 Å². The molecule has 7 heteroatoms. The van der Waals surface area contributed by atoms with Gasteiger partial charge in [0.2, 0.25) is 5.88 Å². The number of piperidine rings is 1. The molecule has 2 aromatic heterocycles. The molecular weight excluding hydrogens is 344 g/mol. The molecule has 0 aromatic carbocycles. The minimum atomic E-state index is -0.0803. The number of methoxy groups -OCH3 is 1. The number of hydrogen-bond donors (Lipinski definition) is 0. The summed E-state index contributed by atoms with van der Waals surface area (Å²) >= 11 is 0. The van der Waals surface area contributed by atoms with Gasteiger partial charge in [0.15, 0.2) is 5.78 Å². The van der Waals surface area contributed by atoms with Crippen molar-refractivity contribution in [1.82, 2.24) is 9.97 Å². The SMILES string of the molecule is COc1ccc(OC2CCN(c3nc(C)c(C(C)=O)cc3C#N)CC2)cn1. The summed E-state index contributed by atoms with van der Waals surface area (Å²) in [4.78, 5) is 22.5. The molecule has 3 rings (SSSR count). The second-order valence-corrected chi connectivity index (χ2v) is 6.50. The average Bonchev–Trinajstić information content (AvgIpc) is 2.68. The molecule has 0 atom stereocenters. The van der Waals surface area contributed by atoms with Crippen LogP contribution in [0.3, 0.4) is 0 Å². The summed E-state index contributed by atoms with van der Waals surface area (Å²) < 4.78 is 11.0. The van der Waals surface area contributed by atoms with E-state index in [1.807, 2.05) is 6.07 Å². The summed E-state index contributed by atoms with van der Waals surface area (Å²) in [6, 6.07) is 7.43. The van der Waals surface area contributed by atoms with E-state index in [2.05, 4.69) is 20.9 Å². The number of anilines is 1. The van der Waals surface area contributed by atoms with Gasteiger partial charge < -0.3 is 14.4 Å². The Bertz CT molecular complexity index is 866. The van der Waals surface area contributed by atoms with E-state index in [-0.39, 0.29) is 11.9 Å². The van der Waals surface area contributed by atoms with Crippen molar-refractivity contribution in [3.8, 4) is 17.7 Å². The number of carbonyl (C=O) groups excluding carboxylic acids is 1. The van der Waals surface area contributed by atoms with E-state index in [1.54, 1.807) is 32.4 Å².